The minimum atomic E-state index is -4.36. The maximum atomic E-state index is 14.1. The van der Waals surface area contributed by atoms with Gasteiger partial charge in [-0.2, -0.15) is 0 Å². The highest BCUT2D eigenvalue weighted by atomic mass is 32.2. The quantitative estimate of drug-likeness (QED) is 0.553. The third kappa shape index (κ3) is 3.63. The lowest BCUT2D eigenvalue weighted by Crippen LogP contribution is -2.63. The van der Waals surface area contributed by atoms with E-state index >= 15 is 0 Å². The molecule has 2 aromatic carbocycles. The number of nitrogens with zero attached hydrogens (tertiary/aromatic N) is 1. The first-order chi connectivity index (χ1) is 17.5. The third-order valence-electron chi connectivity index (χ3n) is 7.53. The van der Waals surface area contributed by atoms with Gasteiger partial charge in [0.05, 0.1) is 30.1 Å². The summed E-state index contributed by atoms with van der Waals surface area (Å²) in [5.74, 6) is -3.08. The number of aryl methyl sites for hydroxylation is 1. The van der Waals surface area contributed by atoms with E-state index in [1.165, 1.54) is 25.3 Å². The van der Waals surface area contributed by atoms with E-state index in [-0.39, 0.29) is 23.7 Å². The highest BCUT2D eigenvalue weighted by molar-refractivity contribution is 7.89. The number of esters is 1. The summed E-state index contributed by atoms with van der Waals surface area (Å²) in [6.07, 6.45) is -1.19. The zero-order valence-corrected chi connectivity index (χ0v) is 21.6. The predicted octanol–water partition coefficient (Wildman–Crippen LogP) is 2.73. The minimum Gasteiger partial charge on any atom is -0.469 e. The fourth-order valence-corrected chi connectivity index (χ4v) is 7.61. The van der Waals surface area contributed by atoms with Gasteiger partial charge in [-0.15, -0.1) is 0 Å². The van der Waals surface area contributed by atoms with Crippen molar-refractivity contribution in [3.8, 4) is 11.5 Å². The smallest absolute Gasteiger partial charge is 0.309 e. The fourth-order valence-electron chi connectivity index (χ4n) is 6.01. The second-order valence-electron chi connectivity index (χ2n) is 10.2. The molecule has 37 heavy (non-hydrogen) atoms. The number of methoxy groups -OCH3 is 1. The van der Waals surface area contributed by atoms with Crippen molar-refractivity contribution in [3.63, 3.8) is 0 Å². The van der Waals surface area contributed by atoms with Crippen LogP contribution in [0.2, 0.25) is 0 Å². The van der Waals surface area contributed by atoms with Crippen molar-refractivity contribution in [2.45, 2.75) is 62.0 Å². The van der Waals surface area contributed by atoms with Crippen molar-refractivity contribution in [2.24, 2.45) is 5.92 Å². The largest absolute Gasteiger partial charge is 0.469 e. The van der Waals surface area contributed by atoms with Crippen LogP contribution >= 0.6 is 0 Å². The molecule has 11 heteroatoms. The lowest BCUT2D eigenvalue weighted by atomic mass is 9.67. The van der Waals surface area contributed by atoms with E-state index in [1.807, 2.05) is 6.92 Å². The molecular weight excluding hydrogens is 502 g/mol. The predicted molar refractivity (Wildman–Crippen MR) is 128 cm³/mol. The zero-order valence-electron chi connectivity index (χ0n) is 20.8. The average molecular weight is 530 g/mol. The molecule has 0 aromatic heterocycles. The van der Waals surface area contributed by atoms with Crippen LogP contribution in [0.3, 0.4) is 0 Å². The van der Waals surface area contributed by atoms with E-state index in [2.05, 4.69) is 0 Å². The van der Waals surface area contributed by atoms with E-state index in [9.17, 15) is 18.0 Å². The number of hydrogen-bond donors (Lipinski definition) is 0. The van der Waals surface area contributed by atoms with E-state index in [0.717, 1.165) is 9.87 Å². The van der Waals surface area contributed by atoms with Gasteiger partial charge in [0, 0.05) is 11.5 Å². The van der Waals surface area contributed by atoms with Gasteiger partial charge in [-0.1, -0.05) is 17.7 Å². The van der Waals surface area contributed by atoms with Crippen molar-refractivity contribution in [3.05, 3.63) is 53.1 Å². The Balaban J connectivity index is 1.60. The maximum absolute atomic E-state index is 14.1. The van der Waals surface area contributed by atoms with Crippen molar-refractivity contribution >= 4 is 21.9 Å². The first-order valence-corrected chi connectivity index (χ1v) is 13.5. The molecule has 4 aliphatic rings. The molecule has 5 atom stereocenters. The van der Waals surface area contributed by atoms with Gasteiger partial charge in [0.2, 0.25) is 6.79 Å². The lowest BCUT2D eigenvalue weighted by Gasteiger charge is -2.49. The molecule has 0 radical (unpaired) electrons. The van der Waals surface area contributed by atoms with Gasteiger partial charge >= 0.3 is 5.97 Å². The summed E-state index contributed by atoms with van der Waals surface area (Å²) < 4.78 is 57.7. The first kappa shape index (κ1) is 24.2. The average Bonchev–Trinajstić information content (AvgIpc) is 3.44. The maximum Gasteiger partial charge on any atom is 0.309 e. The summed E-state index contributed by atoms with van der Waals surface area (Å²) in [5, 5.41) is 0. The number of fused-ring (bicyclic) bond motifs is 6. The number of carbonyl (C=O) groups excluding carboxylic acids is 2. The monoisotopic (exact) mass is 529 g/mol. The molecule has 3 heterocycles. The van der Waals surface area contributed by atoms with Gasteiger partial charge in [-0.25, -0.2) is 12.7 Å². The summed E-state index contributed by atoms with van der Waals surface area (Å²) >= 11 is 0. The number of ether oxygens (including phenoxy) is 5. The molecule has 2 aromatic rings. The molecule has 6 rings (SSSR count). The molecule has 1 saturated carbocycles. The molecular formula is C26H27NO9S. The van der Waals surface area contributed by atoms with Crippen LogP contribution in [0, 0.1) is 12.8 Å². The molecule has 2 fully saturated rings. The van der Waals surface area contributed by atoms with Crippen LogP contribution in [-0.2, 0) is 29.0 Å². The van der Waals surface area contributed by atoms with Crippen molar-refractivity contribution in [1.29, 1.82) is 0 Å². The molecule has 0 N–H and O–H groups in total. The Morgan fingerprint density at radius 1 is 1.08 bits per heavy atom. The van der Waals surface area contributed by atoms with Crippen molar-refractivity contribution in [2.75, 3.05) is 13.9 Å². The number of amides is 1. The van der Waals surface area contributed by atoms with E-state index in [1.54, 1.807) is 32.0 Å². The third-order valence-corrected chi connectivity index (χ3v) is 9.33. The zero-order chi connectivity index (χ0) is 26.3. The lowest BCUT2D eigenvalue weighted by molar-refractivity contribution is -0.151. The van der Waals surface area contributed by atoms with Crippen LogP contribution in [0.5, 0.6) is 11.5 Å². The normalized spacial score (nSPS) is 29.4. The number of sulfonamides is 1. The Labute approximate surface area is 214 Å². The molecule has 3 aliphatic heterocycles. The number of carbonyl (C=O) groups is 2. The first-order valence-electron chi connectivity index (χ1n) is 12.0. The van der Waals surface area contributed by atoms with Crippen LogP contribution in [0.25, 0.3) is 0 Å². The van der Waals surface area contributed by atoms with Gasteiger partial charge in [0.15, 0.2) is 17.3 Å². The van der Waals surface area contributed by atoms with Gasteiger partial charge in [0.1, 0.15) is 6.10 Å². The molecule has 0 unspecified atom stereocenters. The van der Waals surface area contributed by atoms with E-state index in [4.69, 9.17) is 23.7 Å². The molecule has 10 nitrogen and oxygen atoms in total. The Morgan fingerprint density at radius 2 is 1.76 bits per heavy atom. The molecule has 1 amide bonds. The Kier molecular flexibility index (Phi) is 5.35. The van der Waals surface area contributed by atoms with Crippen molar-refractivity contribution in [1.82, 2.24) is 4.31 Å². The van der Waals surface area contributed by atoms with E-state index in [0.29, 0.717) is 17.1 Å². The van der Waals surface area contributed by atoms with Gasteiger partial charge in [-0.3, -0.25) is 9.59 Å². The fraction of sp³-hybridized carbons (Fsp3) is 0.462. The molecule has 196 valence electrons. The van der Waals surface area contributed by atoms with Crippen molar-refractivity contribution < 1.29 is 41.7 Å². The minimum absolute atomic E-state index is 0.0256. The molecule has 0 spiro atoms. The van der Waals surface area contributed by atoms with Gasteiger partial charge in [-0.05, 0) is 57.0 Å². The van der Waals surface area contributed by atoms with Crippen LogP contribution in [-0.4, -0.2) is 62.5 Å². The standard InChI is InChI=1S/C26H27NO9S/c1-13-5-7-14(8-6-13)37(30,31)27-22-21(15-9-18-19(34-12-33-18)10-16(15)24(27)28)17(25(29)32-4)11-20-23(22)36-26(2,3)35-20/h5-10,17,20-23H,11-12H2,1-4H3/t17-,20+,21-,22+,23+/m0/s1. The van der Waals surface area contributed by atoms with Crippen LogP contribution < -0.4 is 9.47 Å². The highest BCUT2D eigenvalue weighted by Gasteiger charge is 2.62. The topological polar surface area (TPSA) is 118 Å². The molecule has 1 saturated heterocycles. The number of benzene rings is 2. The summed E-state index contributed by atoms with van der Waals surface area (Å²) in [6, 6.07) is 8.38. The Hall–Kier alpha value is -3.15. The molecule has 1 aliphatic carbocycles. The van der Waals surface area contributed by atoms with Crippen LogP contribution in [0.15, 0.2) is 41.3 Å². The number of hydrogen-bond acceptors (Lipinski definition) is 9. The summed E-state index contributed by atoms with van der Waals surface area (Å²) in [5.41, 5.74) is 1.50. The molecule has 0 bridgehead atoms. The number of rotatable bonds is 3. The second-order valence-corrected chi connectivity index (χ2v) is 12.0. The van der Waals surface area contributed by atoms with Crippen LogP contribution in [0.1, 0.15) is 47.7 Å². The summed E-state index contributed by atoms with van der Waals surface area (Å²) in [6.45, 7) is 5.27. The summed E-state index contributed by atoms with van der Waals surface area (Å²) in [7, 11) is -3.08. The van der Waals surface area contributed by atoms with E-state index < -0.39 is 57.8 Å². The van der Waals surface area contributed by atoms with Gasteiger partial charge < -0.3 is 23.7 Å². The SMILES string of the molecule is COC(=O)[C@H]1C[C@H]2OC(C)(C)O[C@H]2[C@H]2[C@H]1c1cc3c(cc1C(=O)N2S(=O)(=O)c1ccc(C)cc1)OCO3. The Bertz CT molecular complexity index is 1400. The van der Waals surface area contributed by atoms with Gasteiger partial charge in [0.25, 0.3) is 15.9 Å². The van der Waals surface area contributed by atoms with Crippen LogP contribution in [0.4, 0.5) is 0 Å². The second kappa shape index (κ2) is 8.17. The highest BCUT2D eigenvalue weighted by Crippen LogP contribution is 2.54. The summed E-state index contributed by atoms with van der Waals surface area (Å²) in [4.78, 5) is 27.2. The Morgan fingerprint density at radius 3 is 2.43 bits per heavy atom.